The molecule has 0 N–H and O–H groups in total. The first kappa shape index (κ1) is 9.74. The highest BCUT2D eigenvalue weighted by molar-refractivity contribution is 8.13. The van der Waals surface area contributed by atoms with Crippen LogP contribution in [0.2, 0.25) is 0 Å². The van der Waals surface area contributed by atoms with E-state index in [9.17, 15) is 0 Å². The summed E-state index contributed by atoms with van der Waals surface area (Å²) in [7, 11) is 1.80. The highest BCUT2D eigenvalue weighted by Gasteiger charge is 2.05. The maximum atomic E-state index is 4.40. The molecule has 0 bridgehead atoms. The fourth-order valence-electron chi connectivity index (χ4n) is 0.790. The Morgan fingerprint density at radius 2 is 2.17 bits per heavy atom. The second-order valence-corrected chi connectivity index (χ2v) is 5.03. The van der Waals surface area contributed by atoms with E-state index in [0.717, 1.165) is 15.1 Å². The molecule has 0 radical (unpaired) electrons. The van der Waals surface area contributed by atoms with Gasteiger partial charge >= 0.3 is 0 Å². The number of hydrogen-bond acceptors (Lipinski definition) is 4. The van der Waals surface area contributed by atoms with Crippen LogP contribution in [0.15, 0.2) is 10.0 Å². The Morgan fingerprint density at radius 1 is 1.50 bits per heavy atom. The van der Waals surface area contributed by atoms with E-state index < -0.39 is 0 Å². The molecule has 12 heavy (non-hydrogen) atoms. The number of thioether (sulfide) groups is 1. The predicted octanol–water partition coefficient (Wildman–Crippen LogP) is 2.90. The molecule has 1 aromatic heterocycles. The van der Waals surface area contributed by atoms with Gasteiger partial charge in [0.15, 0.2) is 0 Å². The highest BCUT2D eigenvalue weighted by Crippen LogP contribution is 2.26. The summed E-state index contributed by atoms with van der Waals surface area (Å²) in [6.07, 6.45) is 0. The van der Waals surface area contributed by atoms with E-state index >= 15 is 0 Å². The van der Waals surface area contributed by atoms with Crippen molar-refractivity contribution in [2.45, 2.75) is 25.8 Å². The van der Waals surface area contributed by atoms with Crippen molar-refractivity contribution in [1.29, 1.82) is 0 Å². The predicted molar refractivity (Wildman–Crippen MR) is 56.5 cm³/mol. The second-order valence-electron chi connectivity index (χ2n) is 2.44. The molecule has 0 saturated carbocycles. The number of aromatic nitrogens is 1. The third-order valence-electron chi connectivity index (χ3n) is 1.42. The number of hydrogen-bond donors (Lipinski definition) is 0. The lowest BCUT2D eigenvalue weighted by atomic mass is 10.6. The Labute approximate surface area is 81.1 Å². The number of thiazole rings is 1. The monoisotopic (exact) mass is 200 g/mol. The van der Waals surface area contributed by atoms with Gasteiger partial charge in [0.25, 0.3) is 0 Å². The summed E-state index contributed by atoms with van der Waals surface area (Å²) in [6.45, 7) is 6.12. The molecular formula is C8H12N2S2. The summed E-state index contributed by atoms with van der Waals surface area (Å²) in [6, 6.07) is 0. The molecule has 0 spiro atoms. The zero-order chi connectivity index (χ0) is 9.14. The molecule has 4 heteroatoms. The van der Waals surface area contributed by atoms with E-state index in [1.165, 1.54) is 4.88 Å². The van der Waals surface area contributed by atoms with Crippen LogP contribution in [0.4, 0.5) is 0 Å². The zero-order valence-electron chi connectivity index (χ0n) is 7.71. The molecule has 0 atom stereocenters. The van der Waals surface area contributed by atoms with E-state index in [1.807, 2.05) is 13.8 Å². The van der Waals surface area contributed by atoms with E-state index in [-0.39, 0.29) is 0 Å². The lowest BCUT2D eigenvalue weighted by molar-refractivity contribution is 1.12. The van der Waals surface area contributed by atoms with Gasteiger partial charge in [-0.05, 0) is 20.8 Å². The van der Waals surface area contributed by atoms with Gasteiger partial charge in [-0.1, -0.05) is 11.8 Å². The summed E-state index contributed by atoms with van der Waals surface area (Å²) in [4.78, 5) is 9.76. The first-order valence-corrected chi connectivity index (χ1v) is 5.32. The van der Waals surface area contributed by atoms with Crippen LogP contribution in [-0.4, -0.2) is 17.1 Å². The molecule has 0 aliphatic carbocycles. The van der Waals surface area contributed by atoms with Crippen LogP contribution in [0.1, 0.15) is 16.8 Å². The Balaban J connectivity index is 2.82. The van der Waals surface area contributed by atoms with Crippen molar-refractivity contribution >= 4 is 28.1 Å². The first-order valence-electron chi connectivity index (χ1n) is 3.68. The Kier molecular flexibility index (Phi) is 3.29. The van der Waals surface area contributed by atoms with Crippen molar-refractivity contribution in [2.75, 3.05) is 7.05 Å². The van der Waals surface area contributed by atoms with Crippen LogP contribution < -0.4 is 0 Å². The second kappa shape index (κ2) is 4.05. The van der Waals surface area contributed by atoms with Gasteiger partial charge < -0.3 is 0 Å². The van der Waals surface area contributed by atoms with Crippen LogP contribution >= 0.6 is 23.1 Å². The minimum absolute atomic E-state index is 1.06. The van der Waals surface area contributed by atoms with Crippen LogP contribution in [0.25, 0.3) is 0 Å². The summed E-state index contributed by atoms with van der Waals surface area (Å²) < 4.78 is 0. The van der Waals surface area contributed by atoms with Gasteiger partial charge in [-0.3, -0.25) is 4.99 Å². The van der Waals surface area contributed by atoms with Crippen molar-refractivity contribution < 1.29 is 0 Å². The summed E-state index contributed by atoms with van der Waals surface area (Å²) in [5, 5.41) is 3.28. The van der Waals surface area contributed by atoms with E-state index in [2.05, 4.69) is 16.9 Å². The molecule has 0 saturated heterocycles. The third-order valence-corrected chi connectivity index (χ3v) is 3.50. The third kappa shape index (κ3) is 2.32. The number of aryl methyl sites for hydroxylation is 2. The van der Waals surface area contributed by atoms with Crippen LogP contribution in [0.5, 0.6) is 0 Å². The molecule has 1 rings (SSSR count). The van der Waals surface area contributed by atoms with Gasteiger partial charge in [-0.15, -0.1) is 11.3 Å². The van der Waals surface area contributed by atoms with Crippen molar-refractivity contribution in [2.24, 2.45) is 4.99 Å². The Hall–Kier alpha value is -0.350. The number of aliphatic imine (C=N–C) groups is 1. The van der Waals surface area contributed by atoms with Crippen LogP contribution in [0, 0.1) is 13.8 Å². The topological polar surface area (TPSA) is 25.2 Å². The molecule has 0 aliphatic rings. The molecule has 0 unspecified atom stereocenters. The average Bonchev–Trinajstić information content (AvgIpc) is 2.30. The minimum atomic E-state index is 1.06. The fourth-order valence-corrected chi connectivity index (χ4v) is 2.51. The Morgan fingerprint density at radius 3 is 2.58 bits per heavy atom. The summed E-state index contributed by atoms with van der Waals surface area (Å²) in [5.74, 6) is 0. The maximum absolute atomic E-state index is 4.40. The summed E-state index contributed by atoms with van der Waals surface area (Å²) in [5.41, 5.74) is 0. The largest absolute Gasteiger partial charge is 0.286 e. The van der Waals surface area contributed by atoms with Gasteiger partial charge in [0.1, 0.15) is 5.03 Å². The molecule has 0 aliphatic heterocycles. The first-order chi connectivity index (χ1) is 5.63. The van der Waals surface area contributed by atoms with Crippen LogP contribution in [0.3, 0.4) is 0 Å². The van der Waals surface area contributed by atoms with Crippen molar-refractivity contribution in [3.05, 3.63) is 9.88 Å². The van der Waals surface area contributed by atoms with Gasteiger partial charge in [-0.25, -0.2) is 4.98 Å². The smallest absolute Gasteiger partial charge is 0.116 e. The lowest BCUT2D eigenvalue weighted by Gasteiger charge is -1.95. The minimum Gasteiger partial charge on any atom is -0.286 e. The molecular weight excluding hydrogens is 188 g/mol. The van der Waals surface area contributed by atoms with E-state index in [4.69, 9.17) is 0 Å². The zero-order valence-corrected chi connectivity index (χ0v) is 9.34. The quantitative estimate of drug-likeness (QED) is 0.395. The molecule has 1 aromatic rings. The number of nitrogens with zero attached hydrogens (tertiary/aromatic N) is 2. The van der Waals surface area contributed by atoms with Crippen molar-refractivity contribution in [1.82, 2.24) is 4.98 Å². The van der Waals surface area contributed by atoms with Crippen molar-refractivity contribution in [3.8, 4) is 0 Å². The molecule has 0 aromatic carbocycles. The molecule has 1 heterocycles. The Bertz CT molecular complexity index is 302. The van der Waals surface area contributed by atoms with Gasteiger partial charge in [0, 0.05) is 11.9 Å². The molecule has 0 fully saturated rings. The summed E-state index contributed by atoms with van der Waals surface area (Å²) >= 11 is 3.38. The van der Waals surface area contributed by atoms with Crippen LogP contribution in [-0.2, 0) is 0 Å². The standard InChI is InChI=1S/C8H12N2S2/c1-5-8(10-7(3)11-5)12-6(2)9-4/h1-4H3. The average molecular weight is 200 g/mol. The molecule has 66 valence electrons. The SMILES string of the molecule is CN=C(C)Sc1nc(C)sc1C. The lowest BCUT2D eigenvalue weighted by Crippen LogP contribution is -1.84. The highest BCUT2D eigenvalue weighted by atomic mass is 32.2. The van der Waals surface area contributed by atoms with E-state index in [1.54, 1.807) is 30.1 Å². The van der Waals surface area contributed by atoms with Gasteiger partial charge in [0.2, 0.25) is 0 Å². The van der Waals surface area contributed by atoms with E-state index in [0.29, 0.717) is 0 Å². The maximum Gasteiger partial charge on any atom is 0.116 e. The fraction of sp³-hybridized carbons (Fsp3) is 0.500. The van der Waals surface area contributed by atoms with Gasteiger partial charge in [-0.2, -0.15) is 0 Å². The normalized spacial score (nSPS) is 12.2. The molecule has 2 nitrogen and oxygen atoms in total. The number of rotatable bonds is 1. The van der Waals surface area contributed by atoms with Gasteiger partial charge in [0.05, 0.1) is 10.1 Å². The molecule has 0 amide bonds. The van der Waals surface area contributed by atoms with Crippen molar-refractivity contribution in [3.63, 3.8) is 0 Å².